The number of nitrogens with zero attached hydrogens (tertiary/aromatic N) is 1. The minimum absolute atomic E-state index is 0.00131. The molecule has 7 nitrogen and oxygen atoms in total. The second-order valence-electron chi connectivity index (χ2n) is 6.94. The van der Waals surface area contributed by atoms with Gasteiger partial charge in [0, 0.05) is 5.69 Å². The average molecular weight is 397 g/mol. The van der Waals surface area contributed by atoms with E-state index in [2.05, 4.69) is 4.98 Å². The van der Waals surface area contributed by atoms with Crippen LogP contribution in [0.5, 0.6) is 0 Å². The summed E-state index contributed by atoms with van der Waals surface area (Å²) in [4.78, 5) is 39.2. The van der Waals surface area contributed by atoms with Crippen molar-refractivity contribution in [3.05, 3.63) is 68.9 Å². The molecule has 1 heterocycles. The van der Waals surface area contributed by atoms with Gasteiger partial charge < -0.3 is 15.8 Å². The molecule has 0 aliphatic carbocycles. The summed E-state index contributed by atoms with van der Waals surface area (Å²) in [6.45, 7) is 7.74. The minimum atomic E-state index is -0.839. The number of H-pyrrole nitrogens is 1. The van der Waals surface area contributed by atoms with Crippen LogP contribution in [-0.4, -0.2) is 20.6 Å². The van der Waals surface area contributed by atoms with E-state index >= 15 is 0 Å². The van der Waals surface area contributed by atoms with E-state index in [0.29, 0.717) is 28.7 Å². The molecule has 29 heavy (non-hydrogen) atoms. The second kappa shape index (κ2) is 9.23. The monoisotopic (exact) mass is 397 g/mol. The van der Waals surface area contributed by atoms with Gasteiger partial charge in [-0.25, -0.2) is 9.36 Å². The number of rotatable bonds is 5. The molecule has 0 saturated heterocycles. The molecule has 0 aliphatic heterocycles. The Bertz CT molecular complexity index is 1110. The maximum atomic E-state index is 12.8. The fourth-order valence-corrected chi connectivity index (χ4v) is 3.11. The van der Waals surface area contributed by atoms with Crippen LogP contribution in [0.25, 0.3) is 16.6 Å². The van der Waals surface area contributed by atoms with Crippen molar-refractivity contribution in [3.63, 3.8) is 0 Å². The maximum Gasteiger partial charge on any atom is 0.333 e. The SMILES string of the molecule is CC.CC(C)C(Cc1ccc(-n2c(=O)[nH]c3ccc(N)cc3c2=O)cc1)C(=O)O. The van der Waals surface area contributed by atoms with Gasteiger partial charge in [-0.2, -0.15) is 0 Å². The predicted molar refractivity (Wildman–Crippen MR) is 116 cm³/mol. The first kappa shape index (κ1) is 21.9. The summed E-state index contributed by atoms with van der Waals surface area (Å²) in [6, 6.07) is 11.5. The topological polar surface area (TPSA) is 118 Å². The lowest BCUT2D eigenvalue weighted by atomic mass is 9.89. The molecule has 0 fully saturated rings. The van der Waals surface area contributed by atoms with Gasteiger partial charge in [-0.15, -0.1) is 0 Å². The molecule has 154 valence electrons. The summed E-state index contributed by atoms with van der Waals surface area (Å²) in [6.07, 6.45) is 0.382. The number of nitrogens with two attached hydrogens (primary N) is 1. The Hall–Kier alpha value is -3.35. The number of hydrogen-bond acceptors (Lipinski definition) is 4. The number of carbonyl (C=O) groups is 1. The first-order valence-corrected chi connectivity index (χ1v) is 9.64. The van der Waals surface area contributed by atoms with E-state index < -0.39 is 23.1 Å². The molecular formula is C22H27N3O4. The van der Waals surface area contributed by atoms with Crippen molar-refractivity contribution in [3.8, 4) is 5.69 Å². The highest BCUT2D eigenvalue weighted by atomic mass is 16.4. The number of benzene rings is 2. The smallest absolute Gasteiger partial charge is 0.333 e. The lowest BCUT2D eigenvalue weighted by Gasteiger charge is -2.16. The fourth-order valence-electron chi connectivity index (χ4n) is 3.11. The van der Waals surface area contributed by atoms with E-state index in [4.69, 9.17) is 5.73 Å². The molecule has 1 aromatic heterocycles. The number of carboxylic acid groups (broad SMARTS) is 1. The number of aliphatic carboxylic acids is 1. The van der Waals surface area contributed by atoms with Crippen LogP contribution < -0.4 is 17.0 Å². The minimum Gasteiger partial charge on any atom is -0.481 e. The van der Waals surface area contributed by atoms with Gasteiger partial charge in [-0.05, 0) is 48.2 Å². The number of aromatic nitrogens is 2. The van der Waals surface area contributed by atoms with E-state index in [1.165, 1.54) is 6.07 Å². The van der Waals surface area contributed by atoms with Gasteiger partial charge in [0.15, 0.2) is 0 Å². The van der Waals surface area contributed by atoms with Gasteiger partial charge in [0.25, 0.3) is 5.56 Å². The summed E-state index contributed by atoms with van der Waals surface area (Å²) >= 11 is 0. The van der Waals surface area contributed by atoms with Crippen LogP contribution in [0.1, 0.15) is 33.3 Å². The van der Waals surface area contributed by atoms with Crippen molar-refractivity contribution in [1.82, 2.24) is 9.55 Å². The third-order valence-electron chi connectivity index (χ3n) is 4.69. The zero-order chi connectivity index (χ0) is 21.7. The van der Waals surface area contributed by atoms with Gasteiger partial charge in [-0.1, -0.05) is 39.8 Å². The van der Waals surface area contributed by atoms with Crippen molar-refractivity contribution in [2.45, 2.75) is 34.1 Å². The van der Waals surface area contributed by atoms with Crippen LogP contribution in [0.15, 0.2) is 52.1 Å². The van der Waals surface area contributed by atoms with E-state index in [1.807, 2.05) is 27.7 Å². The molecule has 3 aromatic rings. The van der Waals surface area contributed by atoms with Crippen LogP contribution in [0, 0.1) is 11.8 Å². The Labute approximate surface area is 168 Å². The molecule has 1 unspecified atom stereocenters. The molecule has 4 N–H and O–H groups in total. The van der Waals surface area contributed by atoms with E-state index in [9.17, 15) is 19.5 Å². The summed E-state index contributed by atoms with van der Waals surface area (Å²) in [5.41, 5.74) is 6.83. The summed E-state index contributed by atoms with van der Waals surface area (Å²) in [7, 11) is 0. The van der Waals surface area contributed by atoms with Crippen LogP contribution in [0.2, 0.25) is 0 Å². The number of nitrogen functional groups attached to an aromatic ring is 1. The van der Waals surface area contributed by atoms with Crippen LogP contribution in [-0.2, 0) is 11.2 Å². The van der Waals surface area contributed by atoms with Crippen molar-refractivity contribution >= 4 is 22.6 Å². The molecule has 7 heteroatoms. The average Bonchev–Trinajstić information content (AvgIpc) is 2.69. The van der Waals surface area contributed by atoms with Gasteiger partial charge in [0.2, 0.25) is 0 Å². The number of nitrogens with one attached hydrogen (secondary N) is 1. The molecule has 0 amide bonds. The fraction of sp³-hybridized carbons (Fsp3) is 0.318. The first-order valence-electron chi connectivity index (χ1n) is 9.64. The predicted octanol–water partition coefficient (Wildman–Crippen LogP) is 3.19. The number of anilines is 1. The maximum absolute atomic E-state index is 12.8. The molecular weight excluding hydrogens is 370 g/mol. The molecule has 1 atom stereocenters. The highest BCUT2D eigenvalue weighted by Crippen LogP contribution is 2.19. The number of hydrogen-bond donors (Lipinski definition) is 3. The van der Waals surface area contributed by atoms with Gasteiger partial charge >= 0.3 is 11.7 Å². The first-order chi connectivity index (χ1) is 13.8. The number of carboxylic acids is 1. The van der Waals surface area contributed by atoms with Crippen molar-refractivity contribution in [2.75, 3.05) is 5.73 Å². The van der Waals surface area contributed by atoms with Crippen LogP contribution in [0.4, 0.5) is 5.69 Å². The third kappa shape index (κ3) is 4.74. The Balaban J connectivity index is 0.00000145. The van der Waals surface area contributed by atoms with Crippen molar-refractivity contribution < 1.29 is 9.90 Å². The molecule has 0 saturated carbocycles. The standard InChI is InChI=1S/C20H21N3O4.C2H6/c1-11(2)15(19(25)26)9-12-3-6-14(7-4-12)23-18(24)16-10-13(21)5-8-17(16)22-20(23)27;1-2/h3-8,10-11,15H,9,21H2,1-2H3,(H,22,27)(H,25,26);1-2H3. The Kier molecular flexibility index (Phi) is 6.98. The second-order valence-corrected chi connectivity index (χ2v) is 6.94. The quantitative estimate of drug-likeness (QED) is 0.572. The van der Waals surface area contributed by atoms with Gasteiger partial charge in [-0.3, -0.25) is 9.59 Å². The highest BCUT2D eigenvalue weighted by Gasteiger charge is 2.21. The normalized spacial score (nSPS) is 11.8. The Morgan fingerprint density at radius 1 is 1.10 bits per heavy atom. The molecule has 2 aromatic carbocycles. The zero-order valence-corrected chi connectivity index (χ0v) is 17.1. The lowest BCUT2D eigenvalue weighted by Crippen LogP contribution is -2.33. The Morgan fingerprint density at radius 2 is 1.72 bits per heavy atom. The number of fused-ring (bicyclic) bond motifs is 1. The Morgan fingerprint density at radius 3 is 2.28 bits per heavy atom. The van der Waals surface area contributed by atoms with E-state index in [0.717, 1.165) is 10.1 Å². The van der Waals surface area contributed by atoms with E-state index in [-0.39, 0.29) is 5.92 Å². The lowest BCUT2D eigenvalue weighted by molar-refractivity contribution is -0.143. The third-order valence-corrected chi connectivity index (χ3v) is 4.69. The molecule has 0 bridgehead atoms. The largest absolute Gasteiger partial charge is 0.481 e. The van der Waals surface area contributed by atoms with E-state index in [1.54, 1.807) is 36.4 Å². The summed E-state index contributed by atoms with van der Waals surface area (Å²) in [5.74, 6) is -1.34. The summed E-state index contributed by atoms with van der Waals surface area (Å²) in [5, 5.41) is 9.66. The highest BCUT2D eigenvalue weighted by molar-refractivity contribution is 5.81. The van der Waals surface area contributed by atoms with Crippen LogP contribution in [0.3, 0.4) is 0 Å². The molecule has 0 radical (unpaired) electrons. The molecule has 0 aliphatic rings. The van der Waals surface area contributed by atoms with Crippen molar-refractivity contribution in [2.24, 2.45) is 11.8 Å². The molecule has 3 rings (SSSR count). The van der Waals surface area contributed by atoms with Gasteiger partial charge in [0.05, 0.1) is 22.5 Å². The molecule has 0 spiro atoms. The summed E-state index contributed by atoms with van der Waals surface area (Å²) < 4.78 is 1.04. The van der Waals surface area contributed by atoms with Crippen LogP contribution >= 0.6 is 0 Å². The van der Waals surface area contributed by atoms with Gasteiger partial charge in [0.1, 0.15) is 0 Å². The van der Waals surface area contributed by atoms with Crippen molar-refractivity contribution in [1.29, 1.82) is 0 Å². The number of aromatic amines is 1. The zero-order valence-electron chi connectivity index (χ0n) is 17.1.